The molecule has 0 aromatic carbocycles. The Morgan fingerprint density at radius 2 is 1.86 bits per heavy atom. The zero-order chi connectivity index (χ0) is 16.5. The first kappa shape index (κ1) is 18.9. The van der Waals surface area contributed by atoms with Crippen molar-refractivity contribution in [3.63, 3.8) is 0 Å². The van der Waals surface area contributed by atoms with Gasteiger partial charge in [0.15, 0.2) is 0 Å². The molecule has 0 aromatic rings. The topological polar surface area (TPSA) is 61.9 Å². The number of likely N-dealkylation sites (N-methyl/N-ethyl adjacent to an activating group) is 1. The number of nitrogens with zero attached hydrogens (tertiary/aromatic N) is 2. The molecular formula is C16H31N3O3. The number of carbonyl (C=O) groups is 2. The van der Waals surface area contributed by atoms with Gasteiger partial charge >= 0.3 is 0 Å². The Morgan fingerprint density at radius 1 is 1.23 bits per heavy atom. The molecule has 0 bridgehead atoms. The van der Waals surface area contributed by atoms with Crippen molar-refractivity contribution in [2.24, 2.45) is 0 Å². The molecule has 1 rings (SSSR count). The zero-order valence-corrected chi connectivity index (χ0v) is 14.4. The van der Waals surface area contributed by atoms with Crippen LogP contribution in [0.25, 0.3) is 0 Å². The van der Waals surface area contributed by atoms with Gasteiger partial charge in [-0.2, -0.15) is 0 Å². The van der Waals surface area contributed by atoms with Crippen molar-refractivity contribution in [1.82, 2.24) is 15.1 Å². The first-order chi connectivity index (χ1) is 10.5. The predicted octanol–water partition coefficient (Wildman–Crippen LogP) is 0.860. The minimum atomic E-state index is -0.0499. The van der Waals surface area contributed by atoms with E-state index >= 15 is 0 Å². The fraction of sp³-hybridized carbons (Fsp3) is 0.875. The van der Waals surface area contributed by atoms with Crippen molar-refractivity contribution < 1.29 is 14.3 Å². The summed E-state index contributed by atoms with van der Waals surface area (Å²) in [6, 6.07) is 0.597. The van der Waals surface area contributed by atoms with Crippen LogP contribution in [0, 0.1) is 0 Å². The molecular weight excluding hydrogens is 282 g/mol. The van der Waals surface area contributed by atoms with E-state index in [9.17, 15) is 9.59 Å². The molecule has 0 aromatic heterocycles. The molecule has 1 aliphatic heterocycles. The molecule has 128 valence electrons. The zero-order valence-electron chi connectivity index (χ0n) is 14.4. The average molecular weight is 313 g/mol. The molecule has 6 heteroatoms. The first-order valence-electron chi connectivity index (χ1n) is 8.21. The van der Waals surface area contributed by atoms with E-state index in [-0.39, 0.29) is 18.4 Å². The second-order valence-electron chi connectivity index (χ2n) is 6.30. The van der Waals surface area contributed by atoms with E-state index in [1.807, 2.05) is 11.9 Å². The van der Waals surface area contributed by atoms with E-state index in [1.165, 1.54) is 6.42 Å². The van der Waals surface area contributed by atoms with Crippen molar-refractivity contribution in [1.29, 1.82) is 0 Å². The lowest BCUT2D eigenvalue weighted by Gasteiger charge is -2.39. The maximum absolute atomic E-state index is 12.4. The number of hydrogen-bond donors (Lipinski definition) is 1. The Labute approximate surface area is 134 Å². The molecule has 0 aliphatic carbocycles. The lowest BCUT2D eigenvalue weighted by atomic mass is 9.97. The van der Waals surface area contributed by atoms with Gasteiger partial charge in [0, 0.05) is 32.3 Å². The van der Waals surface area contributed by atoms with Crippen LogP contribution < -0.4 is 5.32 Å². The quantitative estimate of drug-likeness (QED) is 0.675. The third-order valence-electron chi connectivity index (χ3n) is 4.15. The van der Waals surface area contributed by atoms with Crippen LogP contribution in [0.1, 0.15) is 39.5 Å². The number of ether oxygens (including phenoxy) is 1. The Kier molecular flexibility index (Phi) is 8.42. The second-order valence-corrected chi connectivity index (χ2v) is 6.30. The number of rotatable bonds is 8. The first-order valence-corrected chi connectivity index (χ1v) is 8.21. The summed E-state index contributed by atoms with van der Waals surface area (Å²) in [5.41, 5.74) is 0. The van der Waals surface area contributed by atoms with E-state index in [2.05, 4.69) is 19.2 Å². The van der Waals surface area contributed by atoms with Crippen LogP contribution in [0.4, 0.5) is 0 Å². The Bertz CT molecular complexity index is 353. The molecule has 2 unspecified atom stereocenters. The minimum Gasteiger partial charge on any atom is -0.385 e. The molecule has 1 fully saturated rings. The smallest absolute Gasteiger partial charge is 0.237 e. The molecule has 2 atom stereocenters. The molecule has 0 spiro atoms. The van der Waals surface area contributed by atoms with Gasteiger partial charge in [-0.05, 0) is 46.6 Å². The molecule has 22 heavy (non-hydrogen) atoms. The lowest BCUT2D eigenvalue weighted by Crippen LogP contribution is -2.51. The maximum atomic E-state index is 12.4. The third-order valence-corrected chi connectivity index (χ3v) is 4.15. The highest BCUT2D eigenvalue weighted by Gasteiger charge is 2.29. The number of piperidine rings is 1. The number of methoxy groups -OCH3 is 1. The van der Waals surface area contributed by atoms with Crippen molar-refractivity contribution in [2.75, 3.05) is 40.4 Å². The SMILES string of the molecule is COCCCNC(=O)CN(C)CC(=O)N1C(C)CCCC1C. The van der Waals surface area contributed by atoms with Gasteiger partial charge in [-0.3, -0.25) is 14.5 Å². The van der Waals surface area contributed by atoms with Crippen molar-refractivity contribution in [3.8, 4) is 0 Å². The number of amides is 2. The monoisotopic (exact) mass is 313 g/mol. The van der Waals surface area contributed by atoms with Gasteiger partial charge in [-0.25, -0.2) is 0 Å². The van der Waals surface area contributed by atoms with Crippen molar-refractivity contribution in [3.05, 3.63) is 0 Å². The standard InChI is InChI=1S/C16H31N3O3/c1-13-7-5-8-14(2)19(13)16(21)12-18(3)11-15(20)17-9-6-10-22-4/h13-14H,5-12H2,1-4H3,(H,17,20). The molecule has 1 saturated heterocycles. The van der Waals surface area contributed by atoms with E-state index < -0.39 is 0 Å². The summed E-state index contributed by atoms with van der Waals surface area (Å²) in [7, 11) is 3.45. The van der Waals surface area contributed by atoms with Gasteiger partial charge < -0.3 is 15.0 Å². The van der Waals surface area contributed by atoms with Crippen LogP contribution in [-0.4, -0.2) is 74.1 Å². The summed E-state index contributed by atoms with van der Waals surface area (Å²) < 4.78 is 4.93. The summed E-state index contributed by atoms with van der Waals surface area (Å²) in [5, 5.41) is 2.83. The Morgan fingerprint density at radius 3 is 2.45 bits per heavy atom. The van der Waals surface area contributed by atoms with Crippen LogP contribution >= 0.6 is 0 Å². The van der Waals surface area contributed by atoms with Gasteiger partial charge in [0.25, 0.3) is 0 Å². The Balaban J connectivity index is 2.32. The fourth-order valence-corrected chi connectivity index (χ4v) is 3.03. The summed E-state index contributed by atoms with van der Waals surface area (Å²) in [5.74, 6) is 0.0699. The largest absolute Gasteiger partial charge is 0.385 e. The lowest BCUT2D eigenvalue weighted by molar-refractivity contribution is -0.138. The Hall–Kier alpha value is -1.14. The average Bonchev–Trinajstić information content (AvgIpc) is 2.43. The maximum Gasteiger partial charge on any atom is 0.237 e. The van der Waals surface area contributed by atoms with Crippen molar-refractivity contribution in [2.45, 2.75) is 51.6 Å². The third kappa shape index (κ3) is 6.32. The van der Waals surface area contributed by atoms with Crippen LogP contribution in [-0.2, 0) is 14.3 Å². The molecule has 0 saturated carbocycles. The number of carbonyl (C=O) groups excluding carboxylic acids is 2. The predicted molar refractivity (Wildman–Crippen MR) is 86.6 cm³/mol. The van der Waals surface area contributed by atoms with Crippen LogP contribution in [0.15, 0.2) is 0 Å². The van der Waals surface area contributed by atoms with E-state index in [1.54, 1.807) is 12.0 Å². The van der Waals surface area contributed by atoms with E-state index in [4.69, 9.17) is 4.74 Å². The molecule has 1 aliphatic rings. The number of hydrogen-bond acceptors (Lipinski definition) is 4. The molecule has 2 amide bonds. The molecule has 0 radical (unpaired) electrons. The van der Waals surface area contributed by atoms with Gasteiger partial charge in [0.05, 0.1) is 13.1 Å². The highest BCUT2D eigenvalue weighted by atomic mass is 16.5. The fourth-order valence-electron chi connectivity index (χ4n) is 3.03. The van der Waals surface area contributed by atoms with E-state index in [0.717, 1.165) is 19.3 Å². The summed E-state index contributed by atoms with van der Waals surface area (Å²) in [6.45, 7) is 6.00. The van der Waals surface area contributed by atoms with E-state index in [0.29, 0.717) is 31.8 Å². The summed E-state index contributed by atoms with van der Waals surface area (Å²) in [6.07, 6.45) is 4.12. The van der Waals surface area contributed by atoms with Gasteiger partial charge in [-0.15, -0.1) is 0 Å². The molecule has 6 nitrogen and oxygen atoms in total. The minimum absolute atomic E-state index is 0.0499. The number of nitrogens with one attached hydrogen (secondary N) is 1. The van der Waals surface area contributed by atoms with Gasteiger partial charge in [0.1, 0.15) is 0 Å². The molecule has 1 N–H and O–H groups in total. The van der Waals surface area contributed by atoms with Crippen LogP contribution in [0.2, 0.25) is 0 Å². The normalized spacial score (nSPS) is 22.0. The molecule has 1 heterocycles. The van der Waals surface area contributed by atoms with Crippen molar-refractivity contribution >= 4 is 11.8 Å². The van der Waals surface area contributed by atoms with Crippen LogP contribution in [0.3, 0.4) is 0 Å². The highest BCUT2D eigenvalue weighted by molar-refractivity contribution is 5.81. The summed E-state index contributed by atoms with van der Waals surface area (Å²) in [4.78, 5) is 28.0. The van der Waals surface area contributed by atoms with Gasteiger partial charge in [0.2, 0.25) is 11.8 Å². The summed E-state index contributed by atoms with van der Waals surface area (Å²) >= 11 is 0. The number of likely N-dealkylation sites (tertiary alicyclic amines) is 1. The highest BCUT2D eigenvalue weighted by Crippen LogP contribution is 2.22. The second kappa shape index (κ2) is 9.79. The van der Waals surface area contributed by atoms with Crippen LogP contribution in [0.5, 0.6) is 0 Å². The van der Waals surface area contributed by atoms with Gasteiger partial charge in [-0.1, -0.05) is 0 Å².